The number of ether oxygens (including phenoxy) is 2. The zero-order chi connectivity index (χ0) is 39.7. The maximum atomic E-state index is 14.2. The van der Waals surface area contributed by atoms with Crippen LogP contribution in [0.2, 0.25) is 0 Å². The van der Waals surface area contributed by atoms with Crippen LogP contribution in [0.4, 0.5) is 114 Å². The average Bonchev–Trinajstić information content (AvgIpc) is 3.32. The highest BCUT2D eigenvalue weighted by molar-refractivity contribution is 5.56. The SMILES string of the molecule is O=CC1COC(CCC(F)(F)C(F)(F)C(F)(F)C(F)(F)C(F)(F)C(F)(F)F)(CCC(F)(F)C(F)(F)C(F)(F)C(F)(F)C(F)(F)C(F)(F)F)O1. The fourth-order valence-electron chi connectivity index (χ4n) is 3.65. The fraction of sp³-hybridized carbons (Fsp3) is 0.950. The summed E-state index contributed by atoms with van der Waals surface area (Å²) < 4.78 is 354. The quantitative estimate of drug-likeness (QED) is 0.123. The van der Waals surface area contributed by atoms with Gasteiger partial charge in [-0.2, -0.15) is 114 Å². The molecular formula is C20H12F26O3. The van der Waals surface area contributed by atoms with Crippen LogP contribution in [0.3, 0.4) is 0 Å². The molecule has 0 radical (unpaired) electrons. The van der Waals surface area contributed by atoms with E-state index in [0.717, 1.165) is 0 Å². The molecule has 0 aromatic heterocycles. The molecule has 49 heavy (non-hydrogen) atoms. The third-order valence-corrected chi connectivity index (χ3v) is 6.67. The van der Waals surface area contributed by atoms with E-state index in [0.29, 0.717) is 0 Å². The summed E-state index contributed by atoms with van der Waals surface area (Å²) in [4.78, 5) is 10.8. The number of alkyl halides is 26. The van der Waals surface area contributed by atoms with Gasteiger partial charge in [-0.15, -0.1) is 0 Å². The molecule has 0 aromatic carbocycles. The summed E-state index contributed by atoms with van der Waals surface area (Å²) in [5, 5.41) is 0. The predicted molar refractivity (Wildman–Crippen MR) is 99.7 cm³/mol. The molecule has 0 saturated carbocycles. The van der Waals surface area contributed by atoms with Crippen LogP contribution in [0.15, 0.2) is 0 Å². The second-order valence-electron chi connectivity index (χ2n) is 10.0. The summed E-state index contributed by atoms with van der Waals surface area (Å²) >= 11 is 0. The molecule has 29 heteroatoms. The standard InChI is InChI=1S/C20H12F26O3/c21-9(22,11(25,26)13(29,30)15(33,34)17(37,38)19(41,42)43)3-1-8(48-6-7(5-47)49-8)2-4-10(23,24)12(27,28)14(31,32)16(35,36)18(39,40)20(44,45)46/h5,7H,1-4,6H2. The van der Waals surface area contributed by atoms with Gasteiger partial charge in [0, 0.05) is 25.7 Å². The van der Waals surface area contributed by atoms with Gasteiger partial charge in [-0.05, 0) is 0 Å². The van der Waals surface area contributed by atoms with Crippen LogP contribution in [-0.4, -0.2) is 96.4 Å². The molecule has 1 fully saturated rings. The first-order valence-electron chi connectivity index (χ1n) is 11.7. The Bertz CT molecular complexity index is 1110. The Morgan fingerprint density at radius 3 is 0.939 bits per heavy atom. The highest BCUT2D eigenvalue weighted by atomic mass is 19.4. The first-order valence-corrected chi connectivity index (χ1v) is 11.7. The summed E-state index contributed by atoms with van der Waals surface area (Å²) in [6.45, 7) is -1.51. The molecule has 1 heterocycles. The van der Waals surface area contributed by atoms with Gasteiger partial charge in [0.15, 0.2) is 12.1 Å². The lowest BCUT2D eigenvalue weighted by Crippen LogP contribution is -2.70. The molecule has 0 spiro atoms. The lowest BCUT2D eigenvalue weighted by Gasteiger charge is -2.41. The lowest BCUT2D eigenvalue weighted by molar-refractivity contribution is -0.441. The maximum Gasteiger partial charge on any atom is 0.460 e. The molecule has 1 aliphatic rings. The van der Waals surface area contributed by atoms with E-state index in [-0.39, 0.29) is 0 Å². The minimum atomic E-state index is -8.42. The molecule has 0 bridgehead atoms. The third-order valence-electron chi connectivity index (χ3n) is 6.67. The maximum absolute atomic E-state index is 14.2. The third kappa shape index (κ3) is 6.66. The molecular weight excluding hydrogens is 782 g/mol. The van der Waals surface area contributed by atoms with Gasteiger partial charge in [-0.3, -0.25) is 0 Å². The number of rotatable bonds is 15. The Labute approximate surface area is 251 Å². The first kappa shape index (κ1) is 44.8. The first-order chi connectivity index (χ1) is 21.1. The molecule has 0 amide bonds. The predicted octanol–water partition coefficient (Wildman–Crippen LogP) is 9.33. The molecule has 1 atom stereocenters. The number of carbonyl (C=O) groups excluding carboxylic acids is 1. The highest BCUT2D eigenvalue weighted by Gasteiger charge is 2.92. The van der Waals surface area contributed by atoms with Crippen molar-refractivity contribution in [3.8, 4) is 0 Å². The number of hydrogen-bond donors (Lipinski definition) is 0. The van der Waals surface area contributed by atoms with Crippen LogP contribution in [0.25, 0.3) is 0 Å². The zero-order valence-electron chi connectivity index (χ0n) is 22.2. The number of carbonyl (C=O) groups is 1. The Morgan fingerprint density at radius 2 is 0.714 bits per heavy atom. The monoisotopic (exact) mass is 794 g/mol. The fourth-order valence-corrected chi connectivity index (χ4v) is 3.65. The molecule has 292 valence electrons. The Balaban J connectivity index is 3.52. The van der Waals surface area contributed by atoms with Gasteiger partial charge in [0.2, 0.25) is 0 Å². The minimum Gasteiger partial charge on any atom is -0.347 e. The van der Waals surface area contributed by atoms with Crippen molar-refractivity contribution in [1.29, 1.82) is 0 Å². The van der Waals surface area contributed by atoms with Crippen LogP contribution < -0.4 is 0 Å². The smallest absolute Gasteiger partial charge is 0.347 e. The Hall–Kier alpha value is -2.23. The molecule has 1 aliphatic heterocycles. The summed E-state index contributed by atoms with van der Waals surface area (Å²) in [5.41, 5.74) is 0. The molecule has 0 aromatic rings. The van der Waals surface area contributed by atoms with E-state index in [2.05, 4.69) is 9.47 Å². The van der Waals surface area contributed by atoms with Gasteiger partial charge in [-0.1, -0.05) is 0 Å². The Kier molecular flexibility index (Phi) is 11.1. The van der Waals surface area contributed by atoms with Crippen LogP contribution in [0.5, 0.6) is 0 Å². The van der Waals surface area contributed by atoms with Crippen molar-refractivity contribution in [2.75, 3.05) is 6.61 Å². The van der Waals surface area contributed by atoms with Gasteiger partial charge in [0.1, 0.15) is 6.10 Å². The van der Waals surface area contributed by atoms with Gasteiger partial charge in [0.25, 0.3) is 0 Å². The highest BCUT2D eigenvalue weighted by Crippen LogP contribution is 2.63. The van der Waals surface area contributed by atoms with Crippen molar-refractivity contribution in [2.45, 2.75) is 109 Å². The second-order valence-corrected chi connectivity index (χ2v) is 10.0. The number of halogens is 26. The zero-order valence-corrected chi connectivity index (χ0v) is 22.2. The van der Waals surface area contributed by atoms with Crippen molar-refractivity contribution in [3.63, 3.8) is 0 Å². The van der Waals surface area contributed by atoms with Crippen LogP contribution >= 0.6 is 0 Å². The number of aldehydes is 1. The van der Waals surface area contributed by atoms with Crippen molar-refractivity contribution in [2.24, 2.45) is 0 Å². The normalized spacial score (nSPS) is 20.2. The molecule has 1 rings (SSSR count). The Morgan fingerprint density at radius 1 is 0.449 bits per heavy atom. The van der Waals surface area contributed by atoms with E-state index in [1.54, 1.807) is 0 Å². The van der Waals surface area contributed by atoms with Gasteiger partial charge >= 0.3 is 71.6 Å². The second kappa shape index (κ2) is 12.2. The van der Waals surface area contributed by atoms with E-state index in [1.807, 2.05) is 0 Å². The van der Waals surface area contributed by atoms with E-state index >= 15 is 0 Å². The summed E-state index contributed by atoms with van der Waals surface area (Å²) in [6, 6.07) is 0. The van der Waals surface area contributed by atoms with E-state index in [1.165, 1.54) is 0 Å². The molecule has 3 nitrogen and oxygen atoms in total. The van der Waals surface area contributed by atoms with Crippen LogP contribution in [-0.2, 0) is 14.3 Å². The number of hydrogen-bond acceptors (Lipinski definition) is 3. The summed E-state index contributed by atoms with van der Waals surface area (Å²) in [6.07, 6.45) is -30.6. The van der Waals surface area contributed by atoms with Crippen molar-refractivity contribution >= 4 is 6.29 Å². The van der Waals surface area contributed by atoms with Gasteiger partial charge < -0.3 is 14.3 Å². The van der Waals surface area contributed by atoms with E-state index < -0.39 is 122 Å². The summed E-state index contributed by atoms with van der Waals surface area (Å²) in [5.74, 6) is -84.1. The molecule has 0 N–H and O–H groups in total. The van der Waals surface area contributed by atoms with Gasteiger partial charge in [-0.25, -0.2) is 0 Å². The van der Waals surface area contributed by atoms with Crippen molar-refractivity contribution in [3.05, 3.63) is 0 Å². The van der Waals surface area contributed by atoms with Crippen LogP contribution in [0, 0.1) is 0 Å². The molecule has 0 aliphatic carbocycles. The van der Waals surface area contributed by atoms with Crippen molar-refractivity contribution < 1.29 is 128 Å². The minimum absolute atomic E-state index is 0.552. The molecule has 1 unspecified atom stereocenters. The summed E-state index contributed by atoms with van der Waals surface area (Å²) in [7, 11) is 0. The van der Waals surface area contributed by atoms with E-state index in [4.69, 9.17) is 0 Å². The lowest BCUT2D eigenvalue weighted by atomic mass is 9.88. The van der Waals surface area contributed by atoms with Crippen LogP contribution in [0.1, 0.15) is 25.7 Å². The van der Waals surface area contributed by atoms with E-state index in [9.17, 15) is 119 Å². The van der Waals surface area contributed by atoms with Crippen molar-refractivity contribution in [1.82, 2.24) is 0 Å². The molecule has 1 saturated heterocycles. The largest absolute Gasteiger partial charge is 0.460 e. The topological polar surface area (TPSA) is 35.5 Å². The average molecular weight is 794 g/mol. The van der Waals surface area contributed by atoms with Gasteiger partial charge in [0.05, 0.1) is 6.61 Å².